The fourth-order valence-corrected chi connectivity index (χ4v) is 3.50. The normalized spacial score (nSPS) is 11.0. The maximum absolute atomic E-state index is 11.5. The number of aromatic amines is 1. The number of fused-ring (bicyclic) bond motifs is 1. The zero-order valence-corrected chi connectivity index (χ0v) is 15.2. The number of nitrogen functional groups attached to an aromatic ring is 1. The summed E-state index contributed by atoms with van der Waals surface area (Å²) in [6.07, 6.45) is 4.57. The van der Waals surface area contributed by atoms with Crippen molar-refractivity contribution in [1.29, 1.82) is 0 Å². The molecule has 0 atom stereocenters. The number of hydrogen-bond donors (Lipinski definition) is 2. The summed E-state index contributed by atoms with van der Waals surface area (Å²) in [6, 6.07) is 18.8. The van der Waals surface area contributed by atoms with Gasteiger partial charge in [0.25, 0.3) is 0 Å². The van der Waals surface area contributed by atoms with Gasteiger partial charge in [0.15, 0.2) is 0 Å². The monoisotopic (exact) mass is 355 g/mol. The lowest BCUT2D eigenvalue weighted by molar-refractivity contribution is -0.116. The van der Waals surface area contributed by atoms with Crippen molar-refractivity contribution in [3.8, 4) is 22.4 Å². The average Bonchev–Trinajstić information content (AvgIpc) is 3.20. The van der Waals surface area contributed by atoms with Crippen LogP contribution in [0.2, 0.25) is 0 Å². The van der Waals surface area contributed by atoms with E-state index in [-0.39, 0.29) is 5.78 Å². The van der Waals surface area contributed by atoms with Crippen molar-refractivity contribution in [2.75, 3.05) is 5.73 Å². The number of aromatic nitrogens is 2. The van der Waals surface area contributed by atoms with Crippen molar-refractivity contribution in [3.05, 3.63) is 72.7 Å². The lowest BCUT2D eigenvalue weighted by Crippen LogP contribution is -2.02. The Labute approximate surface area is 158 Å². The molecule has 4 heteroatoms. The van der Waals surface area contributed by atoms with E-state index in [1.807, 2.05) is 12.1 Å². The molecule has 4 rings (SSSR count). The van der Waals surface area contributed by atoms with Crippen LogP contribution in [-0.2, 0) is 11.2 Å². The lowest BCUT2D eigenvalue weighted by Gasteiger charge is -2.16. The molecule has 4 nitrogen and oxygen atoms in total. The molecule has 0 bridgehead atoms. The summed E-state index contributed by atoms with van der Waals surface area (Å²) in [4.78, 5) is 18.8. The molecule has 1 aromatic heterocycles. The maximum Gasteiger partial charge on any atom is 0.130 e. The minimum Gasteiger partial charge on any atom is -0.398 e. The Morgan fingerprint density at radius 3 is 2.63 bits per heavy atom. The fourth-order valence-electron chi connectivity index (χ4n) is 3.50. The van der Waals surface area contributed by atoms with Crippen molar-refractivity contribution in [1.82, 2.24) is 9.97 Å². The predicted molar refractivity (Wildman–Crippen MR) is 110 cm³/mol. The zero-order valence-electron chi connectivity index (χ0n) is 15.2. The summed E-state index contributed by atoms with van der Waals surface area (Å²) >= 11 is 0. The van der Waals surface area contributed by atoms with E-state index in [0.717, 1.165) is 27.9 Å². The second-order valence-corrected chi connectivity index (χ2v) is 6.79. The second-order valence-electron chi connectivity index (χ2n) is 6.79. The number of imidazole rings is 1. The van der Waals surface area contributed by atoms with Crippen molar-refractivity contribution in [3.63, 3.8) is 0 Å². The number of nitrogens with two attached hydrogens (primary N) is 1. The molecule has 27 heavy (non-hydrogen) atoms. The third-order valence-electron chi connectivity index (χ3n) is 4.91. The van der Waals surface area contributed by atoms with Gasteiger partial charge in [0.05, 0.1) is 18.2 Å². The van der Waals surface area contributed by atoms with Gasteiger partial charge in [-0.05, 0) is 41.3 Å². The van der Waals surface area contributed by atoms with Gasteiger partial charge in [-0.2, -0.15) is 0 Å². The largest absolute Gasteiger partial charge is 0.398 e. The van der Waals surface area contributed by atoms with Gasteiger partial charge < -0.3 is 15.5 Å². The number of carbonyl (C=O) groups is 1. The van der Waals surface area contributed by atoms with E-state index in [1.54, 1.807) is 19.4 Å². The zero-order chi connectivity index (χ0) is 18.8. The van der Waals surface area contributed by atoms with Crippen LogP contribution in [0.4, 0.5) is 5.69 Å². The molecule has 1 heterocycles. The van der Waals surface area contributed by atoms with Crippen molar-refractivity contribution >= 4 is 22.2 Å². The topological polar surface area (TPSA) is 71.8 Å². The minimum atomic E-state index is 0.169. The quantitative estimate of drug-likeness (QED) is 0.495. The average molecular weight is 355 g/mol. The van der Waals surface area contributed by atoms with Crippen LogP contribution in [0.5, 0.6) is 0 Å². The number of hydrogen-bond acceptors (Lipinski definition) is 3. The Morgan fingerprint density at radius 1 is 1.07 bits per heavy atom. The van der Waals surface area contributed by atoms with Crippen LogP contribution in [0.25, 0.3) is 33.2 Å². The molecule has 0 aliphatic heterocycles. The Morgan fingerprint density at radius 2 is 1.89 bits per heavy atom. The molecule has 0 amide bonds. The lowest BCUT2D eigenvalue weighted by atomic mass is 9.91. The molecule has 134 valence electrons. The number of benzene rings is 3. The number of rotatable bonds is 5. The molecule has 3 aromatic carbocycles. The highest BCUT2D eigenvalue weighted by Crippen LogP contribution is 2.38. The van der Waals surface area contributed by atoms with E-state index in [1.165, 1.54) is 10.8 Å². The highest BCUT2D eigenvalue weighted by Gasteiger charge is 2.16. The van der Waals surface area contributed by atoms with E-state index >= 15 is 0 Å². The highest BCUT2D eigenvalue weighted by atomic mass is 16.1. The molecule has 0 unspecified atom stereocenters. The maximum atomic E-state index is 11.5. The minimum absolute atomic E-state index is 0.169. The molecular formula is C23H21N3O. The van der Waals surface area contributed by atoms with E-state index in [9.17, 15) is 4.79 Å². The summed E-state index contributed by atoms with van der Waals surface area (Å²) in [6.45, 7) is 1.61. The Bertz CT molecular complexity index is 1110. The number of anilines is 1. The summed E-state index contributed by atoms with van der Waals surface area (Å²) in [7, 11) is 0. The van der Waals surface area contributed by atoms with Gasteiger partial charge in [-0.1, -0.05) is 48.5 Å². The van der Waals surface area contributed by atoms with Crippen LogP contribution in [-0.4, -0.2) is 15.8 Å². The van der Waals surface area contributed by atoms with Gasteiger partial charge in [0.1, 0.15) is 5.78 Å². The molecule has 4 aromatic rings. The van der Waals surface area contributed by atoms with E-state index in [4.69, 9.17) is 5.73 Å². The molecule has 0 spiro atoms. The molecule has 0 radical (unpaired) electrons. The number of nitrogens with one attached hydrogen (secondary N) is 1. The van der Waals surface area contributed by atoms with Crippen molar-refractivity contribution < 1.29 is 4.79 Å². The number of aryl methyl sites for hydroxylation is 1. The van der Waals surface area contributed by atoms with E-state index < -0.39 is 0 Å². The number of H-pyrrole nitrogens is 1. The Balaban J connectivity index is 1.86. The van der Waals surface area contributed by atoms with Gasteiger partial charge in [0, 0.05) is 23.2 Å². The second kappa shape index (κ2) is 7.08. The van der Waals surface area contributed by atoms with Crippen molar-refractivity contribution in [2.24, 2.45) is 0 Å². The van der Waals surface area contributed by atoms with Gasteiger partial charge in [-0.3, -0.25) is 0 Å². The van der Waals surface area contributed by atoms with Gasteiger partial charge in [-0.25, -0.2) is 4.98 Å². The number of ketones is 1. The first-order chi connectivity index (χ1) is 13.1. The molecule has 3 N–H and O–H groups in total. The van der Waals surface area contributed by atoms with Crippen LogP contribution in [0.3, 0.4) is 0 Å². The summed E-state index contributed by atoms with van der Waals surface area (Å²) in [5.41, 5.74) is 12.2. The summed E-state index contributed by atoms with van der Waals surface area (Å²) < 4.78 is 0. The van der Waals surface area contributed by atoms with Gasteiger partial charge >= 0.3 is 0 Å². The molecule has 0 saturated carbocycles. The molecule has 0 aliphatic rings. The summed E-state index contributed by atoms with van der Waals surface area (Å²) in [5, 5.41) is 2.38. The van der Waals surface area contributed by atoms with E-state index in [2.05, 4.69) is 52.4 Å². The number of nitrogens with zero attached hydrogens (tertiary/aromatic N) is 1. The molecule has 0 saturated heterocycles. The third-order valence-corrected chi connectivity index (χ3v) is 4.91. The Kier molecular flexibility index (Phi) is 4.47. The standard InChI is InChI=1S/C23H21N3O/c1-15(27)6-7-17-10-11-20(23(24)22(17)21-13-25-14-26-21)19-9-8-16-4-2-3-5-18(16)12-19/h2-5,8-14H,6-7,24H2,1H3,(H,25,26). The van der Waals surface area contributed by atoms with Crippen LogP contribution < -0.4 is 5.73 Å². The van der Waals surface area contributed by atoms with Gasteiger partial charge in [0.2, 0.25) is 0 Å². The third kappa shape index (κ3) is 3.34. The number of Topliss-reactive ketones (excluding diaryl/α,β-unsaturated/α-hetero) is 1. The Hall–Kier alpha value is -3.40. The van der Waals surface area contributed by atoms with Crippen molar-refractivity contribution in [2.45, 2.75) is 19.8 Å². The predicted octanol–water partition coefficient (Wildman–Crippen LogP) is 5.00. The van der Waals surface area contributed by atoms with Crippen LogP contribution in [0.1, 0.15) is 18.9 Å². The van der Waals surface area contributed by atoms with Crippen LogP contribution in [0.15, 0.2) is 67.1 Å². The highest BCUT2D eigenvalue weighted by molar-refractivity contribution is 5.94. The van der Waals surface area contributed by atoms with Crippen LogP contribution in [0, 0.1) is 0 Å². The molecular weight excluding hydrogens is 334 g/mol. The first-order valence-electron chi connectivity index (χ1n) is 9.02. The van der Waals surface area contributed by atoms with Gasteiger partial charge in [-0.15, -0.1) is 0 Å². The fraction of sp³-hybridized carbons (Fsp3) is 0.130. The smallest absolute Gasteiger partial charge is 0.130 e. The summed E-state index contributed by atoms with van der Waals surface area (Å²) in [5.74, 6) is 0.169. The van der Waals surface area contributed by atoms with E-state index in [0.29, 0.717) is 18.5 Å². The first-order valence-corrected chi connectivity index (χ1v) is 9.02. The first kappa shape index (κ1) is 17.0. The SMILES string of the molecule is CC(=O)CCc1ccc(-c2ccc3ccccc3c2)c(N)c1-c1cnc[nH]1. The molecule has 0 aliphatic carbocycles. The van der Waals surface area contributed by atoms with Crippen LogP contribution >= 0.6 is 0 Å². The number of carbonyl (C=O) groups excluding carboxylic acids is 1. The molecule has 0 fully saturated rings.